The van der Waals surface area contributed by atoms with Gasteiger partial charge in [0.1, 0.15) is 10.9 Å². The zero-order chi connectivity index (χ0) is 29.7. The molecule has 0 aliphatic carbocycles. The van der Waals surface area contributed by atoms with Crippen molar-refractivity contribution in [3.63, 3.8) is 0 Å². The number of hydrogen-bond donors (Lipinski definition) is 4. The average molecular weight is 653 g/mol. The van der Waals surface area contributed by atoms with Gasteiger partial charge in [-0.15, -0.1) is 11.3 Å². The molecule has 1 atom stereocenters. The number of carboxylic acids is 1. The Hall–Kier alpha value is -3.61. The smallest absolute Gasteiger partial charge is 0.326 e. The first-order chi connectivity index (χ1) is 19.5. The molecule has 1 aromatic heterocycles. The van der Waals surface area contributed by atoms with Crippen LogP contribution in [0.25, 0.3) is 0 Å². The number of rotatable bonds is 9. The van der Waals surface area contributed by atoms with Crippen molar-refractivity contribution in [2.45, 2.75) is 22.3 Å². The first-order valence-corrected chi connectivity index (χ1v) is 15.2. The van der Waals surface area contributed by atoms with Crippen LogP contribution in [0.2, 0.25) is 15.1 Å². The van der Waals surface area contributed by atoms with E-state index in [1.807, 2.05) is 0 Å². The van der Waals surface area contributed by atoms with Crippen molar-refractivity contribution in [2.24, 2.45) is 0 Å². The van der Waals surface area contributed by atoms with Gasteiger partial charge in [0, 0.05) is 27.9 Å². The Morgan fingerprint density at radius 1 is 0.854 bits per heavy atom. The molecule has 212 valence electrons. The number of carbonyl (C=O) groups is 3. The van der Waals surface area contributed by atoms with Crippen LogP contribution < -0.4 is 16.0 Å². The maximum Gasteiger partial charge on any atom is 0.326 e. The number of benzene rings is 3. The zero-order valence-electron chi connectivity index (χ0n) is 20.7. The summed E-state index contributed by atoms with van der Waals surface area (Å²) in [4.78, 5) is 37.0. The van der Waals surface area contributed by atoms with E-state index < -0.39 is 33.8 Å². The molecule has 1 heterocycles. The molecule has 4 aromatic rings. The van der Waals surface area contributed by atoms with E-state index in [1.165, 1.54) is 35.0 Å². The lowest BCUT2D eigenvalue weighted by atomic mass is 10.1. The van der Waals surface area contributed by atoms with E-state index in [4.69, 9.17) is 34.8 Å². The molecule has 41 heavy (non-hydrogen) atoms. The molecule has 0 aliphatic rings. The monoisotopic (exact) mass is 651 g/mol. The van der Waals surface area contributed by atoms with Gasteiger partial charge < -0.3 is 21.1 Å². The molecule has 0 radical (unpaired) electrons. The van der Waals surface area contributed by atoms with Gasteiger partial charge in [-0.25, -0.2) is 18.0 Å². The van der Waals surface area contributed by atoms with E-state index in [0.717, 1.165) is 11.3 Å². The molecule has 0 saturated carbocycles. The van der Waals surface area contributed by atoms with Gasteiger partial charge in [-0.3, -0.25) is 4.79 Å². The van der Waals surface area contributed by atoms with Gasteiger partial charge in [-0.05, 0) is 54.1 Å². The van der Waals surface area contributed by atoms with Crippen LogP contribution in [-0.4, -0.2) is 37.5 Å². The molecule has 4 rings (SSSR count). The van der Waals surface area contributed by atoms with Crippen LogP contribution in [0.3, 0.4) is 0 Å². The van der Waals surface area contributed by atoms with Crippen molar-refractivity contribution in [1.29, 1.82) is 0 Å². The molecular weight excluding hydrogens is 633 g/mol. The second-order valence-electron chi connectivity index (χ2n) is 8.55. The number of halogens is 3. The van der Waals surface area contributed by atoms with E-state index in [9.17, 15) is 27.9 Å². The first-order valence-electron chi connectivity index (χ1n) is 11.7. The van der Waals surface area contributed by atoms with Crippen LogP contribution in [0.4, 0.5) is 16.2 Å². The SMILES string of the molecule is O=C(Nc1cscc1S(=O)(=O)c1ccc(Cl)cc1)N[C@@H](Cc1ccc(NC(=O)c2c(Cl)cccc2Cl)cc1)C(=O)O. The van der Waals surface area contributed by atoms with Gasteiger partial charge >= 0.3 is 12.0 Å². The van der Waals surface area contributed by atoms with Crippen molar-refractivity contribution in [2.75, 3.05) is 10.6 Å². The average Bonchev–Trinajstić information content (AvgIpc) is 3.38. The first kappa shape index (κ1) is 30.4. The summed E-state index contributed by atoms with van der Waals surface area (Å²) in [5.41, 5.74) is 1.09. The minimum Gasteiger partial charge on any atom is -0.480 e. The fourth-order valence-corrected chi connectivity index (χ4v) is 6.94. The Kier molecular flexibility index (Phi) is 9.57. The molecule has 0 saturated heterocycles. The molecule has 3 amide bonds. The van der Waals surface area contributed by atoms with E-state index in [2.05, 4.69) is 16.0 Å². The summed E-state index contributed by atoms with van der Waals surface area (Å²) >= 11 is 19.1. The molecule has 0 fully saturated rings. The van der Waals surface area contributed by atoms with E-state index in [1.54, 1.807) is 42.5 Å². The van der Waals surface area contributed by atoms with Crippen LogP contribution in [0.1, 0.15) is 15.9 Å². The molecule has 0 aliphatic heterocycles. The number of hydrogen-bond acceptors (Lipinski definition) is 6. The highest BCUT2D eigenvalue weighted by atomic mass is 35.5. The molecule has 3 aromatic carbocycles. The summed E-state index contributed by atoms with van der Waals surface area (Å²) in [5, 5.41) is 20.7. The highest BCUT2D eigenvalue weighted by Crippen LogP contribution is 2.31. The minimum absolute atomic E-state index is 0.00491. The Morgan fingerprint density at radius 2 is 1.49 bits per heavy atom. The molecule has 9 nitrogen and oxygen atoms in total. The van der Waals surface area contributed by atoms with Gasteiger partial charge in [0.15, 0.2) is 0 Å². The number of aliphatic carboxylic acids is 1. The standard InChI is InChI=1S/C27H20Cl3N3O6S2/c28-16-6-10-18(11-7-16)41(38,39)23-14-40-13-22(23)33-27(37)32-21(26(35)36)12-15-4-8-17(9-5-15)31-25(34)24-19(29)2-1-3-20(24)30/h1-11,13-14,21H,12H2,(H,31,34)(H,35,36)(H2,32,33,37)/t21-/m0/s1. The second-order valence-corrected chi connectivity index (χ2v) is 12.5. The number of thiophene rings is 1. The molecule has 0 unspecified atom stereocenters. The fraction of sp³-hybridized carbons (Fsp3) is 0.0741. The van der Waals surface area contributed by atoms with Crippen LogP contribution in [-0.2, 0) is 21.1 Å². The van der Waals surface area contributed by atoms with Gasteiger partial charge in [-0.2, -0.15) is 0 Å². The third-order valence-electron chi connectivity index (χ3n) is 5.73. The molecular formula is C27H20Cl3N3O6S2. The minimum atomic E-state index is -3.97. The Morgan fingerprint density at radius 3 is 2.10 bits per heavy atom. The van der Waals surface area contributed by atoms with Crippen LogP contribution in [0.15, 0.2) is 87.3 Å². The number of carboxylic acid groups (broad SMARTS) is 1. The summed E-state index contributed by atoms with van der Waals surface area (Å²) in [7, 11) is -3.97. The van der Waals surface area contributed by atoms with Gasteiger partial charge in [0.2, 0.25) is 9.84 Å². The predicted molar refractivity (Wildman–Crippen MR) is 159 cm³/mol. The topological polar surface area (TPSA) is 142 Å². The number of amides is 3. The quantitative estimate of drug-likeness (QED) is 0.160. The normalized spacial score (nSPS) is 11.9. The van der Waals surface area contributed by atoms with Gasteiger partial charge in [0.05, 0.1) is 26.2 Å². The molecule has 14 heteroatoms. The summed E-state index contributed by atoms with van der Waals surface area (Å²) < 4.78 is 26.1. The maximum absolute atomic E-state index is 13.0. The van der Waals surface area contributed by atoms with Crippen LogP contribution in [0, 0.1) is 0 Å². The lowest BCUT2D eigenvalue weighted by Crippen LogP contribution is -2.44. The Labute approximate surface area is 254 Å². The predicted octanol–water partition coefficient (Wildman–Crippen LogP) is 6.61. The van der Waals surface area contributed by atoms with Crippen LogP contribution in [0.5, 0.6) is 0 Å². The summed E-state index contributed by atoms with van der Waals surface area (Å²) in [6.07, 6.45) is -0.0904. The summed E-state index contributed by atoms with van der Waals surface area (Å²) in [5.74, 6) is -1.81. The summed E-state index contributed by atoms with van der Waals surface area (Å²) in [6.45, 7) is 0. The lowest BCUT2D eigenvalue weighted by Gasteiger charge is -2.16. The van der Waals surface area contributed by atoms with Crippen molar-refractivity contribution in [3.8, 4) is 0 Å². The number of urea groups is 1. The van der Waals surface area contributed by atoms with Gasteiger partial charge in [0.25, 0.3) is 5.91 Å². The largest absolute Gasteiger partial charge is 0.480 e. The fourth-order valence-electron chi connectivity index (χ4n) is 3.71. The van der Waals surface area contributed by atoms with E-state index in [-0.39, 0.29) is 37.5 Å². The highest BCUT2D eigenvalue weighted by Gasteiger charge is 2.25. The Balaban J connectivity index is 1.41. The van der Waals surface area contributed by atoms with Crippen LogP contribution >= 0.6 is 46.1 Å². The Bertz CT molecular complexity index is 1690. The molecule has 0 bridgehead atoms. The second kappa shape index (κ2) is 12.9. The van der Waals surface area contributed by atoms with Crippen molar-refractivity contribution < 1.29 is 27.9 Å². The third-order valence-corrected chi connectivity index (χ3v) is 9.32. The van der Waals surface area contributed by atoms with Crippen molar-refractivity contribution in [1.82, 2.24) is 5.32 Å². The third kappa shape index (κ3) is 7.38. The highest BCUT2D eigenvalue weighted by molar-refractivity contribution is 7.91. The maximum atomic E-state index is 13.0. The van der Waals surface area contributed by atoms with Crippen molar-refractivity contribution >= 4 is 85.3 Å². The molecule has 4 N–H and O–H groups in total. The van der Waals surface area contributed by atoms with Gasteiger partial charge in [-0.1, -0.05) is 53.0 Å². The molecule has 0 spiro atoms. The lowest BCUT2D eigenvalue weighted by molar-refractivity contribution is -0.139. The van der Waals surface area contributed by atoms with E-state index >= 15 is 0 Å². The zero-order valence-corrected chi connectivity index (χ0v) is 24.6. The number of nitrogens with one attached hydrogen (secondary N) is 3. The van der Waals surface area contributed by atoms with E-state index in [0.29, 0.717) is 16.3 Å². The number of anilines is 2. The number of sulfone groups is 1. The number of carbonyl (C=O) groups excluding carboxylic acids is 2. The van der Waals surface area contributed by atoms with Crippen molar-refractivity contribution in [3.05, 3.63) is 104 Å². The summed E-state index contributed by atoms with van der Waals surface area (Å²) in [6, 6.07) is 14.3.